The van der Waals surface area contributed by atoms with E-state index in [1.165, 1.54) is 11.5 Å². The van der Waals surface area contributed by atoms with E-state index in [0.29, 0.717) is 6.04 Å². The third-order valence-corrected chi connectivity index (χ3v) is 4.87. The van der Waals surface area contributed by atoms with Crippen molar-refractivity contribution < 1.29 is 0 Å². The van der Waals surface area contributed by atoms with E-state index in [1.54, 1.807) is 0 Å². The van der Waals surface area contributed by atoms with Crippen molar-refractivity contribution in [1.29, 1.82) is 0 Å². The van der Waals surface area contributed by atoms with E-state index in [9.17, 15) is 0 Å². The highest BCUT2D eigenvalue weighted by atomic mass is 32.1. The van der Waals surface area contributed by atoms with Crippen LogP contribution in [0.15, 0.2) is 12.1 Å². The summed E-state index contributed by atoms with van der Waals surface area (Å²) in [6, 6.07) is 4.60. The van der Waals surface area contributed by atoms with Gasteiger partial charge in [-0.05, 0) is 19.1 Å². The first kappa shape index (κ1) is 15.1. The third kappa shape index (κ3) is 2.90. The molecule has 0 bridgehead atoms. The lowest BCUT2D eigenvalue weighted by atomic mass is 9.92. The molecule has 0 radical (unpaired) electrons. The number of hydrogen-bond donors (Lipinski definition) is 0. The molecule has 6 nitrogen and oxygen atoms in total. The average molecular weight is 318 g/mol. The van der Waals surface area contributed by atoms with Gasteiger partial charge in [-0.2, -0.15) is 9.47 Å². The molecule has 0 saturated carbocycles. The number of hydrogen-bond acceptors (Lipinski definition) is 7. The first-order valence-electron chi connectivity index (χ1n) is 7.47. The molecular formula is C15H22N6S. The summed E-state index contributed by atoms with van der Waals surface area (Å²) in [5.41, 5.74) is 1.06. The summed E-state index contributed by atoms with van der Waals surface area (Å²) in [6.07, 6.45) is 0. The number of anilines is 2. The van der Waals surface area contributed by atoms with E-state index in [1.807, 2.05) is 6.92 Å². The van der Waals surface area contributed by atoms with Crippen LogP contribution < -0.4 is 9.80 Å². The van der Waals surface area contributed by atoms with Gasteiger partial charge in [0.15, 0.2) is 5.82 Å². The van der Waals surface area contributed by atoms with Gasteiger partial charge in [0.25, 0.3) is 0 Å². The summed E-state index contributed by atoms with van der Waals surface area (Å²) < 4.78 is 4.24. The molecule has 0 spiro atoms. The highest BCUT2D eigenvalue weighted by Crippen LogP contribution is 2.27. The van der Waals surface area contributed by atoms with Crippen LogP contribution in [0.25, 0.3) is 0 Å². The lowest BCUT2D eigenvalue weighted by molar-refractivity contribution is 0.487. The maximum atomic E-state index is 4.44. The third-order valence-electron chi connectivity index (χ3n) is 3.97. The van der Waals surface area contributed by atoms with E-state index in [0.717, 1.165) is 35.6 Å². The Labute approximate surface area is 135 Å². The number of likely N-dealkylation sites (N-methyl/N-ethyl adjacent to an activating group) is 1. The lowest BCUT2D eigenvalue weighted by Crippen LogP contribution is -2.59. The minimum atomic E-state index is 0.0406. The second-order valence-corrected chi connectivity index (χ2v) is 7.55. The zero-order chi connectivity index (χ0) is 15.9. The van der Waals surface area contributed by atoms with Crippen molar-refractivity contribution in [3.8, 4) is 0 Å². The molecule has 0 amide bonds. The quantitative estimate of drug-likeness (QED) is 0.865. The van der Waals surface area contributed by atoms with Crippen LogP contribution in [0.1, 0.15) is 32.3 Å². The second-order valence-electron chi connectivity index (χ2n) is 6.82. The minimum absolute atomic E-state index is 0.0406. The molecule has 1 aliphatic heterocycles. The van der Waals surface area contributed by atoms with Gasteiger partial charge < -0.3 is 9.80 Å². The predicted molar refractivity (Wildman–Crippen MR) is 89.8 cm³/mol. The molecule has 118 valence electrons. The van der Waals surface area contributed by atoms with Gasteiger partial charge in [-0.3, -0.25) is 0 Å². The largest absolute Gasteiger partial charge is 0.351 e. The van der Waals surface area contributed by atoms with Crippen molar-refractivity contribution in [3.05, 3.63) is 23.7 Å². The zero-order valence-electron chi connectivity index (χ0n) is 13.7. The van der Waals surface area contributed by atoms with Crippen molar-refractivity contribution in [1.82, 2.24) is 19.6 Å². The van der Waals surface area contributed by atoms with Gasteiger partial charge in [-0.1, -0.05) is 20.8 Å². The highest BCUT2D eigenvalue weighted by molar-refractivity contribution is 7.09. The fraction of sp³-hybridized carbons (Fsp3) is 0.600. The first-order chi connectivity index (χ1) is 10.3. The molecule has 1 fully saturated rings. The Morgan fingerprint density at radius 1 is 1.23 bits per heavy atom. The van der Waals surface area contributed by atoms with E-state index >= 15 is 0 Å². The zero-order valence-corrected chi connectivity index (χ0v) is 14.6. The highest BCUT2D eigenvalue weighted by Gasteiger charge is 2.32. The van der Waals surface area contributed by atoms with Crippen molar-refractivity contribution in [2.75, 3.05) is 29.9 Å². The minimum Gasteiger partial charge on any atom is -0.351 e. The van der Waals surface area contributed by atoms with Crippen LogP contribution >= 0.6 is 11.5 Å². The molecule has 7 heteroatoms. The molecule has 0 aromatic carbocycles. The molecule has 22 heavy (non-hydrogen) atoms. The van der Waals surface area contributed by atoms with Crippen LogP contribution in [0.2, 0.25) is 0 Å². The second kappa shape index (κ2) is 5.46. The molecule has 3 heterocycles. The van der Waals surface area contributed by atoms with Gasteiger partial charge in [0.05, 0.1) is 11.7 Å². The maximum absolute atomic E-state index is 4.44. The van der Waals surface area contributed by atoms with Crippen molar-refractivity contribution in [2.24, 2.45) is 0 Å². The van der Waals surface area contributed by atoms with Crippen LogP contribution in [0.3, 0.4) is 0 Å². The monoisotopic (exact) mass is 318 g/mol. The van der Waals surface area contributed by atoms with Gasteiger partial charge in [0.1, 0.15) is 5.82 Å². The molecule has 1 aliphatic rings. The Balaban J connectivity index is 1.61. The molecule has 0 unspecified atom stereocenters. The van der Waals surface area contributed by atoms with Gasteiger partial charge in [0.2, 0.25) is 5.13 Å². The Morgan fingerprint density at radius 3 is 2.45 bits per heavy atom. The Bertz CT molecular complexity index is 639. The van der Waals surface area contributed by atoms with Gasteiger partial charge in [-0.25, -0.2) is 4.98 Å². The topological polar surface area (TPSA) is 58.0 Å². The molecule has 0 atom stereocenters. The van der Waals surface area contributed by atoms with Crippen molar-refractivity contribution >= 4 is 22.5 Å². The normalized spacial score (nSPS) is 15.8. The average Bonchev–Trinajstić information content (AvgIpc) is 2.83. The van der Waals surface area contributed by atoms with Crippen LogP contribution in [0.4, 0.5) is 10.9 Å². The fourth-order valence-electron chi connectivity index (χ4n) is 2.37. The maximum Gasteiger partial charge on any atom is 0.205 e. The Kier molecular flexibility index (Phi) is 3.76. The van der Waals surface area contributed by atoms with Crippen LogP contribution in [-0.4, -0.2) is 45.7 Å². The molecular weight excluding hydrogens is 296 g/mol. The molecule has 0 aliphatic carbocycles. The molecule has 2 aromatic heterocycles. The number of aromatic nitrogens is 4. The van der Waals surface area contributed by atoms with E-state index in [4.69, 9.17) is 0 Å². The SMILES string of the molecule is Cc1nsc(N(C)C2CN(c3ccc(C(C)(C)C)nn3)C2)n1. The van der Waals surface area contributed by atoms with Crippen molar-refractivity contribution in [2.45, 2.75) is 39.2 Å². The summed E-state index contributed by atoms with van der Waals surface area (Å²) in [7, 11) is 2.08. The lowest BCUT2D eigenvalue weighted by Gasteiger charge is -2.44. The fourth-order valence-corrected chi connectivity index (χ4v) is 3.07. The molecule has 0 N–H and O–H groups in total. The number of rotatable bonds is 3. The standard InChI is InChI=1S/C15H22N6S/c1-10-16-14(22-19-10)20(5)11-8-21(9-11)13-7-6-12(17-18-13)15(2,3)4/h6-7,11H,8-9H2,1-5H3. The number of nitrogens with zero attached hydrogens (tertiary/aromatic N) is 6. The van der Waals surface area contributed by atoms with Crippen molar-refractivity contribution in [3.63, 3.8) is 0 Å². The summed E-state index contributed by atoms with van der Waals surface area (Å²) >= 11 is 1.46. The Morgan fingerprint density at radius 2 is 1.95 bits per heavy atom. The van der Waals surface area contributed by atoms with E-state index in [2.05, 4.69) is 69.3 Å². The predicted octanol–water partition coefficient (Wildman–Crippen LogP) is 2.26. The van der Waals surface area contributed by atoms with Crippen LogP contribution in [0, 0.1) is 6.92 Å². The van der Waals surface area contributed by atoms with Gasteiger partial charge in [0, 0.05) is 37.1 Å². The molecule has 3 rings (SSSR count). The summed E-state index contributed by atoms with van der Waals surface area (Å²) in [5, 5.41) is 9.71. The van der Waals surface area contributed by atoms with Gasteiger partial charge >= 0.3 is 0 Å². The molecule has 1 saturated heterocycles. The van der Waals surface area contributed by atoms with E-state index < -0.39 is 0 Å². The smallest absolute Gasteiger partial charge is 0.205 e. The van der Waals surface area contributed by atoms with Gasteiger partial charge in [-0.15, -0.1) is 5.10 Å². The summed E-state index contributed by atoms with van der Waals surface area (Å²) in [6.45, 7) is 10.3. The summed E-state index contributed by atoms with van der Waals surface area (Å²) in [5.74, 6) is 1.79. The number of aryl methyl sites for hydroxylation is 1. The van der Waals surface area contributed by atoms with Crippen LogP contribution in [0.5, 0.6) is 0 Å². The first-order valence-corrected chi connectivity index (χ1v) is 8.24. The Hall–Kier alpha value is -1.76. The van der Waals surface area contributed by atoms with Crippen LogP contribution in [-0.2, 0) is 5.41 Å². The van der Waals surface area contributed by atoms with E-state index in [-0.39, 0.29) is 5.41 Å². The molecule has 2 aromatic rings. The summed E-state index contributed by atoms with van der Waals surface area (Å²) in [4.78, 5) is 8.89.